The van der Waals surface area contributed by atoms with Crippen molar-refractivity contribution in [3.05, 3.63) is 10.1 Å². The lowest BCUT2D eigenvalue weighted by Crippen LogP contribution is -2.53. The molecule has 2 N–H and O–H groups in total. The lowest BCUT2D eigenvalue weighted by molar-refractivity contribution is -0.546. The maximum atomic E-state index is 13.0. The monoisotopic (exact) mass is 300 g/mol. The number of nitrogens with two attached hydrogens (primary N) is 1. The third kappa shape index (κ3) is 5.32. The molecule has 20 heavy (non-hydrogen) atoms. The third-order valence-corrected chi connectivity index (χ3v) is 2.93. The minimum absolute atomic E-state index is 0.0945. The van der Waals surface area contributed by atoms with Gasteiger partial charge in [-0.15, -0.1) is 0 Å². The van der Waals surface area contributed by atoms with Crippen LogP contribution >= 0.6 is 0 Å². The van der Waals surface area contributed by atoms with Gasteiger partial charge in [0.1, 0.15) is 5.92 Å². The molecule has 0 aliphatic heterocycles. The Morgan fingerprint density at radius 2 is 1.90 bits per heavy atom. The molecule has 0 amide bonds. The van der Waals surface area contributed by atoms with Gasteiger partial charge in [-0.1, -0.05) is 13.8 Å². The quantitative estimate of drug-likeness (QED) is 0.439. The lowest BCUT2D eigenvalue weighted by atomic mass is 9.85. The van der Waals surface area contributed by atoms with Crippen molar-refractivity contribution in [1.29, 1.82) is 0 Å². The highest BCUT2D eigenvalue weighted by atomic mass is 19.4. The van der Waals surface area contributed by atoms with Crippen molar-refractivity contribution in [2.24, 2.45) is 17.6 Å². The van der Waals surface area contributed by atoms with Crippen LogP contribution in [0, 0.1) is 22.0 Å². The first kappa shape index (κ1) is 18.6. The second kappa shape index (κ2) is 7.41. The predicted molar refractivity (Wildman–Crippen MR) is 64.4 cm³/mol. The summed E-state index contributed by atoms with van der Waals surface area (Å²) in [6, 6.07) is -3.40. The van der Waals surface area contributed by atoms with Crippen LogP contribution < -0.4 is 5.73 Å². The molecule has 0 aromatic rings. The maximum absolute atomic E-state index is 13.0. The Morgan fingerprint density at radius 1 is 1.40 bits per heavy atom. The summed E-state index contributed by atoms with van der Waals surface area (Å²) in [5.74, 6) is -4.12. The number of carbonyl (C=O) groups excluding carboxylic acids is 1. The normalized spacial score (nSPS) is 16.6. The molecule has 0 aromatic heterocycles. The Hall–Kier alpha value is -1.38. The first-order valence-corrected chi connectivity index (χ1v) is 6.13. The fourth-order valence-electron chi connectivity index (χ4n) is 1.78. The first-order chi connectivity index (χ1) is 9.02. The zero-order valence-corrected chi connectivity index (χ0v) is 11.5. The largest absolute Gasteiger partial charge is 0.466 e. The van der Waals surface area contributed by atoms with Crippen LogP contribution in [0.4, 0.5) is 13.2 Å². The molecule has 0 heterocycles. The van der Waals surface area contributed by atoms with Gasteiger partial charge in [0.2, 0.25) is 6.04 Å². The Morgan fingerprint density at radius 3 is 2.20 bits per heavy atom. The number of nitrogens with zero attached hydrogens (tertiary/aromatic N) is 1. The minimum atomic E-state index is -4.91. The van der Waals surface area contributed by atoms with E-state index in [0.717, 1.165) is 0 Å². The number of halogens is 3. The van der Waals surface area contributed by atoms with Gasteiger partial charge in [0, 0.05) is 4.92 Å². The van der Waals surface area contributed by atoms with Crippen LogP contribution in [0.5, 0.6) is 0 Å². The zero-order valence-electron chi connectivity index (χ0n) is 11.5. The number of carbonyl (C=O) groups is 1. The maximum Gasteiger partial charge on any atom is 0.399 e. The van der Waals surface area contributed by atoms with Crippen molar-refractivity contribution in [2.45, 2.75) is 45.5 Å². The molecule has 0 spiro atoms. The molecule has 0 fully saturated rings. The van der Waals surface area contributed by atoms with Crippen molar-refractivity contribution in [3.8, 4) is 0 Å². The Bertz CT molecular complexity index is 347. The van der Waals surface area contributed by atoms with Crippen LogP contribution in [0.2, 0.25) is 0 Å². The number of esters is 1. The number of rotatable bonds is 7. The summed E-state index contributed by atoms with van der Waals surface area (Å²) >= 11 is 0. The van der Waals surface area contributed by atoms with E-state index in [4.69, 9.17) is 5.73 Å². The molecule has 0 aliphatic carbocycles. The summed E-state index contributed by atoms with van der Waals surface area (Å²) in [4.78, 5) is 21.1. The highest BCUT2D eigenvalue weighted by molar-refractivity contribution is 5.69. The van der Waals surface area contributed by atoms with E-state index in [9.17, 15) is 28.1 Å². The predicted octanol–water partition coefficient (Wildman–Crippen LogP) is 1.75. The molecule has 3 atom stereocenters. The molecule has 1 unspecified atom stereocenters. The van der Waals surface area contributed by atoms with Gasteiger partial charge in [0.25, 0.3) is 0 Å². The van der Waals surface area contributed by atoms with Crippen LogP contribution in [0.25, 0.3) is 0 Å². The zero-order chi connectivity index (χ0) is 16.1. The molecule has 6 nitrogen and oxygen atoms in total. The molecule has 0 aromatic carbocycles. The van der Waals surface area contributed by atoms with Gasteiger partial charge in [0.15, 0.2) is 0 Å². The second-order valence-corrected chi connectivity index (χ2v) is 4.75. The number of alkyl halides is 3. The summed E-state index contributed by atoms with van der Waals surface area (Å²) in [5, 5.41) is 10.9. The molecule has 0 saturated heterocycles. The first-order valence-electron chi connectivity index (χ1n) is 6.13. The molecule has 9 heteroatoms. The van der Waals surface area contributed by atoms with Crippen molar-refractivity contribution in [3.63, 3.8) is 0 Å². The fourth-order valence-corrected chi connectivity index (χ4v) is 1.78. The number of hydrogen-bond donors (Lipinski definition) is 1. The van der Waals surface area contributed by atoms with Gasteiger partial charge >= 0.3 is 12.1 Å². The molecule has 118 valence electrons. The molecule has 0 radical (unpaired) electrons. The van der Waals surface area contributed by atoms with E-state index in [1.165, 1.54) is 20.8 Å². The molecule has 0 aliphatic rings. The van der Waals surface area contributed by atoms with Crippen LogP contribution in [0.1, 0.15) is 27.2 Å². The summed E-state index contributed by atoms with van der Waals surface area (Å²) in [6.45, 7) is 4.31. The van der Waals surface area contributed by atoms with Crippen molar-refractivity contribution in [1.82, 2.24) is 0 Å². The van der Waals surface area contributed by atoms with Crippen molar-refractivity contribution in [2.75, 3.05) is 6.61 Å². The van der Waals surface area contributed by atoms with Gasteiger partial charge in [-0.05, 0) is 12.8 Å². The lowest BCUT2D eigenvalue weighted by Gasteiger charge is -2.28. The molecule has 0 bridgehead atoms. The molecular formula is C11H19F3N2O4. The van der Waals surface area contributed by atoms with E-state index in [0.29, 0.717) is 0 Å². The molecular weight excluding hydrogens is 281 g/mol. The van der Waals surface area contributed by atoms with Gasteiger partial charge < -0.3 is 10.5 Å². The summed E-state index contributed by atoms with van der Waals surface area (Å²) in [5.41, 5.74) is 5.52. The topological polar surface area (TPSA) is 95.5 Å². The van der Waals surface area contributed by atoms with Crippen LogP contribution in [0.15, 0.2) is 0 Å². The Kier molecular flexibility index (Phi) is 6.90. The Balaban J connectivity index is 5.35. The van der Waals surface area contributed by atoms with E-state index in [-0.39, 0.29) is 6.61 Å². The van der Waals surface area contributed by atoms with Crippen molar-refractivity contribution < 1.29 is 27.6 Å². The van der Waals surface area contributed by atoms with E-state index in [1.54, 1.807) is 0 Å². The highest BCUT2D eigenvalue weighted by Gasteiger charge is 2.54. The van der Waals surface area contributed by atoms with Gasteiger partial charge in [-0.3, -0.25) is 14.9 Å². The van der Waals surface area contributed by atoms with E-state index >= 15 is 0 Å². The summed E-state index contributed by atoms with van der Waals surface area (Å²) < 4.78 is 43.4. The molecule has 0 rings (SSSR count). The number of nitro groups is 1. The average Bonchev–Trinajstić information content (AvgIpc) is 2.26. The van der Waals surface area contributed by atoms with Gasteiger partial charge in [0.05, 0.1) is 19.1 Å². The van der Waals surface area contributed by atoms with Gasteiger partial charge in [-0.2, -0.15) is 13.2 Å². The van der Waals surface area contributed by atoms with E-state index in [2.05, 4.69) is 4.74 Å². The van der Waals surface area contributed by atoms with Crippen molar-refractivity contribution >= 4 is 5.97 Å². The SMILES string of the molecule is CCOC(=O)CC([C@H]([C@@H](N)C(C)C)[N+](=O)[O-])C(F)(F)F. The van der Waals surface area contributed by atoms with Crippen LogP contribution in [-0.4, -0.2) is 35.8 Å². The standard InChI is InChI=1S/C11H19F3N2O4/c1-4-20-8(17)5-7(11(12,13)14)10(16(18)19)9(15)6(2)3/h6-7,9-10H,4-5,15H2,1-3H3/t7?,9-,10+/m0/s1. The fraction of sp³-hybridized carbons (Fsp3) is 0.909. The second-order valence-electron chi connectivity index (χ2n) is 4.75. The third-order valence-electron chi connectivity index (χ3n) is 2.93. The Labute approximate surface area is 114 Å². The van der Waals surface area contributed by atoms with Crippen LogP contribution in [-0.2, 0) is 9.53 Å². The van der Waals surface area contributed by atoms with E-state index in [1.807, 2.05) is 0 Å². The minimum Gasteiger partial charge on any atom is -0.466 e. The number of ether oxygens (including phenoxy) is 1. The number of hydrogen-bond acceptors (Lipinski definition) is 5. The summed E-state index contributed by atoms with van der Waals surface area (Å²) in [7, 11) is 0. The smallest absolute Gasteiger partial charge is 0.399 e. The summed E-state index contributed by atoms with van der Waals surface area (Å²) in [6.07, 6.45) is -6.01. The van der Waals surface area contributed by atoms with Gasteiger partial charge in [-0.25, -0.2) is 0 Å². The highest BCUT2D eigenvalue weighted by Crippen LogP contribution is 2.35. The molecule has 0 saturated carbocycles. The van der Waals surface area contributed by atoms with E-state index < -0.39 is 47.4 Å². The average molecular weight is 300 g/mol. The van der Waals surface area contributed by atoms with Crippen LogP contribution in [0.3, 0.4) is 0 Å².